The van der Waals surface area contributed by atoms with Crippen LogP contribution in [0.5, 0.6) is 0 Å². The van der Waals surface area contributed by atoms with Crippen molar-refractivity contribution in [1.82, 2.24) is 9.97 Å². The Morgan fingerprint density at radius 2 is 2.38 bits per heavy atom. The summed E-state index contributed by atoms with van der Waals surface area (Å²) in [5.74, 6) is 1.68. The molecule has 0 spiro atoms. The molecule has 0 aliphatic heterocycles. The number of thioether (sulfide) groups is 1. The van der Waals surface area contributed by atoms with Crippen LogP contribution in [0, 0.1) is 0 Å². The summed E-state index contributed by atoms with van der Waals surface area (Å²) < 4.78 is 5.94. The molecule has 0 saturated heterocycles. The summed E-state index contributed by atoms with van der Waals surface area (Å²) in [6, 6.07) is 0. The monoisotopic (exact) mass is 305 g/mol. The predicted molar refractivity (Wildman–Crippen MR) is 71.1 cm³/mol. The van der Waals surface area contributed by atoms with E-state index in [1.165, 1.54) is 0 Å². The van der Waals surface area contributed by atoms with Crippen LogP contribution in [0.1, 0.15) is 13.3 Å². The topological polar surface area (TPSA) is 47.0 Å². The Labute approximate surface area is 109 Å². The van der Waals surface area contributed by atoms with E-state index in [-0.39, 0.29) is 0 Å². The molecule has 0 bridgehead atoms. The fraction of sp³-hybridized carbons (Fsp3) is 0.600. The van der Waals surface area contributed by atoms with Crippen molar-refractivity contribution >= 4 is 33.6 Å². The number of ether oxygens (including phenoxy) is 1. The lowest BCUT2D eigenvalue weighted by Crippen LogP contribution is -2.02. The minimum absolute atomic E-state index is 0.681. The molecule has 1 aromatic rings. The number of hydrogen-bond acceptors (Lipinski definition) is 5. The van der Waals surface area contributed by atoms with Gasteiger partial charge in [0, 0.05) is 32.2 Å². The molecule has 1 rings (SSSR count). The fourth-order valence-corrected chi connectivity index (χ4v) is 2.40. The van der Waals surface area contributed by atoms with Gasteiger partial charge in [-0.05, 0) is 29.3 Å². The van der Waals surface area contributed by atoms with E-state index in [0.29, 0.717) is 5.95 Å². The van der Waals surface area contributed by atoms with Gasteiger partial charge in [0.05, 0.1) is 4.47 Å². The van der Waals surface area contributed by atoms with Crippen molar-refractivity contribution in [1.29, 1.82) is 0 Å². The molecule has 0 aliphatic carbocycles. The van der Waals surface area contributed by atoms with Crippen LogP contribution in [0.3, 0.4) is 0 Å². The second kappa shape index (κ2) is 7.86. The van der Waals surface area contributed by atoms with Crippen LogP contribution >= 0.6 is 27.7 Å². The normalized spacial score (nSPS) is 10.4. The van der Waals surface area contributed by atoms with Crippen LogP contribution in [-0.2, 0) is 4.74 Å². The first kappa shape index (κ1) is 13.7. The Hall–Kier alpha value is -0.330. The third-order valence-electron chi connectivity index (χ3n) is 1.78. The molecular weight excluding hydrogens is 290 g/mol. The van der Waals surface area contributed by atoms with Gasteiger partial charge in [0.1, 0.15) is 5.03 Å². The number of nitrogens with one attached hydrogen (secondary N) is 1. The van der Waals surface area contributed by atoms with E-state index in [9.17, 15) is 0 Å². The first-order valence-corrected chi connectivity index (χ1v) is 6.94. The van der Waals surface area contributed by atoms with Gasteiger partial charge in [-0.15, -0.1) is 11.8 Å². The standard InChI is InChI=1S/C10H16BrN3OS/c1-3-12-10-13-7-8(11)9(14-10)16-6-4-5-15-2/h7H,3-6H2,1-2H3,(H,12,13,14). The summed E-state index contributed by atoms with van der Waals surface area (Å²) in [5, 5.41) is 4.07. The molecular formula is C10H16BrN3OS. The summed E-state index contributed by atoms with van der Waals surface area (Å²) in [5.41, 5.74) is 0. The highest BCUT2D eigenvalue weighted by molar-refractivity contribution is 9.10. The fourth-order valence-electron chi connectivity index (χ4n) is 1.07. The number of methoxy groups -OCH3 is 1. The van der Waals surface area contributed by atoms with E-state index in [0.717, 1.165) is 34.8 Å². The van der Waals surface area contributed by atoms with Crippen molar-refractivity contribution in [3.8, 4) is 0 Å². The first-order valence-electron chi connectivity index (χ1n) is 5.16. The summed E-state index contributed by atoms with van der Waals surface area (Å²) >= 11 is 5.15. The Morgan fingerprint density at radius 3 is 3.06 bits per heavy atom. The quantitative estimate of drug-likeness (QED) is 0.477. The maximum Gasteiger partial charge on any atom is 0.223 e. The van der Waals surface area contributed by atoms with Crippen LogP contribution in [0.25, 0.3) is 0 Å². The molecule has 4 nitrogen and oxygen atoms in total. The Balaban J connectivity index is 2.52. The van der Waals surface area contributed by atoms with Gasteiger partial charge in [0.15, 0.2) is 0 Å². The van der Waals surface area contributed by atoms with E-state index in [1.807, 2.05) is 6.92 Å². The molecule has 0 radical (unpaired) electrons. The van der Waals surface area contributed by atoms with Gasteiger partial charge in [-0.3, -0.25) is 0 Å². The van der Waals surface area contributed by atoms with Gasteiger partial charge in [-0.1, -0.05) is 0 Å². The smallest absolute Gasteiger partial charge is 0.223 e. The lowest BCUT2D eigenvalue weighted by Gasteiger charge is -2.06. The summed E-state index contributed by atoms with van der Waals surface area (Å²) in [6.45, 7) is 3.64. The number of hydrogen-bond donors (Lipinski definition) is 1. The zero-order chi connectivity index (χ0) is 11.8. The zero-order valence-electron chi connectivity index (χ0n) is 9.49. The van der Waals surface area contributed by atoms with E-state index in [4.69, 9.17) is 4.74 Å². The third kappa shape index (κ3) is 4.67. The Morgan fingerprint density at radius 1 is 1.56 bits per heavy atom. The lowest BCUT2D eigenvalue weighted by atomic mass is 10.5. The summed E-state index contributed by atoms with van der Waals surface area (Å²) in [4.78, 5) is 8.58. The molecule has 6 heteroatoms. The predicted octanol–water partition coefficient (Wildman–Crippen LogP) is 2.80. The molecule has 1 N–H and O–H groups in total. The maximum absolute atomic E-state index is 5.00. The molecule has 0 fully saturated rings. The Kier molecular flexibility index (Phi) is 6.75. The molecule has 0 atom stereocenters. The average Bonchev–Trinajstić information content (AvgIpc) is 2.29. The zero-order valence-corrected chi connectivity index (χ0v) is 11.9. The summed E-state index contributed by atoms with van der Waals surface area (Å²) in [6.07, 6.45) is 2.80. The van der Waals surface area contributed by atoms with Gasteiger partial charge in [0.25, 0.3) is 0 Å². The molecule has 1 heterocycles. The molecule has 0 aliphatic rings. The first-order chi connectivity index (χ1) is 7.77. The molecule has 0 aromatic carbocycles. The highest BCUT2D eigenvalue weighted by Crippen LogP contribution is 2.26. The number of aromatic nitrogens is 2. The second-order valence-corrected chi connectivity index (χ2v) is 5.01. The minimum Gasteiger partial charge on any atom is -0.385 e. The molecule has 0 amide bonds. The van der Waals surface area contributed by atoms with Crippen molar-refractivity contribution in [3.05, 3.63) is 10.7 Å². The second-order valence-electron chi connectivity index (χ2n) is 3.07. The number of halogens is 1. The van der Waals surface area contributed by atoms with Gasteiger partial charge >= 0.3 is 0 Å². The van der Waals surface area contributed by atoms with Crippen LogP contribution in [-0.4, -0.2) is 36.0 Å². The van der Waals surface area contributed by atoms with Crippen molar-refractivity contribution in [2.45, 2.75) is 18.4 Å². The number of nitrogens with zero attached hydrogens (tertiary/aromatic N) is 2. The number of rotatable bonds is 7. The highest BCUT2D eigenvalue weighted by Gasteiger charge is 2.04. The van der Waals surface area contributed by atoms with E-state index >= 15 is 0 Å². The largest absolute Gasteiger partial charge is 0.385 e. The van der Waals surface area contributed by atoms with E-state index in [2.05, 4.69) is 31.2 Å². The molecule has 0 unspecified atom stereocenters. The molecule has 16 heavy (non-hydrogen) atoms. The minimum atomic E-state index is 0.681. The van der Waals surface area contributed by atoms with Crippen molar-refractivity contribution < 1.29 is 4.74 Å². The van der Waals surface area contributed by atoms with Crippen LogP contribution in [0.4, 0.5) is 5.95 Å². The molecule has 90 valence electrons. The van der Waals surface area contributed by atoms with Crippen molar-refractivity contribution in [2.24, 2.45) is 0 Å². The van der Waals surface area contributed by atoms with Crippen LogP contribution in [0.2, 0.25) is 0 Å². The SMILES string of the molecule is CCNc1ncc(Br)c(SCCCOC)n1. The van der Waals surface area contributed by atoms with Gasteiger partial charge in [-0.25, -0.2) is 9.97 Å². The van der Waals surface area contributed by atoms with Crippen LogP contribution < -0.4 is 5.32 Å². The van der Waals surface area contributed by atoms with Gasteiger partial charge < -0.3 is 10.1 Å². The molecule has 1 aromatic heterocycles. The van der Waals surface area contributed by atoms with E-state index < -0.39 is 0 Å². The average molecular weight is 306 g/mol. The van der Waals surface area contributed by atoms with Gasteiger partial charge in [0.2, 0.25) is 5.95 Å². The molecule has 0 saturated carbocycles. The number of anilines is 1. The maximum atomic E-state index is 5.00. The Bertz CT molecular complexity index is 325. The van der Waals surface area contributed by atoms with Crippen LogP contribution in [0.15, 0.2) is 15.7 Å². The van der Waals surface area contributed by atoms with Crippen molar-refractivity contribution in [2.75, 3.05) is 31.3 Å². The lowest BCUT2D eigenvalue weighted by molar-refractivity contribution is 0.200. The van der Waals surface area contributed by atoms with Crippen molar-refractivity contribution in [3.63, 3.8) is 0 Å². The van der Waals surface area contributed by atoms with E-state index in [1.54, 1.807) is 25.1 Å². The third-order valence-corrected chi connectivity index (χ3v) is 3.70. The summed E-state index contributed by atoms with van der Waals surface area (Å²) in [7, 11) is 1.72. The van der Waals surface area contributed by atoms with Gasteiger partial charge in [-0.2, -0.15) is 0 Å². The highest BCUT2D eigenvalue weighted by atomic mass is 79.9.